The Morgan fingerprint density at radius 2 is 1.93 bits per heavy atom. The number of hydrogen-bond donors (Lipinski definition) is 0. The van der Waals surface area contributed by atoms with E-state index in [9.17, 15) is 17.6 Å². The largest absolute Gasteiger partial charge is 0.484 e. The van der Waals surface area contributed by atoms with Gasteiger partial charge in [-0.15, -0.1) is 0 Å². The number of rotatable bonds is 6. The number of ether oxygens (including phenoxy) is 1. The van der Waals surface area contributed by atoms with E-state index in [-0.39, 0.29) is 30.6 Å². The van der Waals surface area contributed by atoms with E-state index in [2.05, 4.69) is 0 Å². The molecule has 0 bridgehead atoms. The van der Waals surface area contributed by atoms with Gasteiger partial charge in [0.15, 0.2) is 16.4 Å². The van der Waals surface area contributed by atoms with Crippen LogP contribution in [0.1, 0.15) is 23.1 Å². The third-order valence-corrected chi connectivity index (χ3v) is 6.86. The molecule has 5 nitrogen and oxygen atoms in total. The van der Waals surface area contributed by atoms with Crippen molar-refractivity contribution in [2.24, 2.45) is 0 Å². The van der Waals surface area contributed by atoms with Crippen molar-refractivity contribution < 1.29 is 22.3 Å². The van der Waals surface area contributed by atoms with Crippen molar-refractivity contribution in [3.05, 3.63) is 65.0 Å². The summed E-state index contributed by atoms with van der Waals surface area (Å²) in [4.78, 5) is 14.3. The Bertz CT molecular complexity index is 974. The van der Waals surface area contributed by atoms with Gasteiger partial charge in [0.05, 0.1) is 11.5 Å². The van der Waals surface area contributed by atoms with E-state index < -0.39 is 21.7 Å². The molecule has 2 aromatic carbocycles. The van der Waals surface area contributed by atoms with Gasteiger partial charge < -0.3 is 9.64 Å². The average Bonchev–Trinajstić information content (AvgIpc) is 3.01. The van der Waals surface area contributed by atoms with E-state index >= 15 is 0 Å². The maximum atomic E-state index is 14.1. The second-order valence-corrected chi connectivity index (χ2v) is 9.43. The zero-order valence-electron chi connectivity index (χ0n) is 16.0. The standard InChI is InChI=1S/C21H24FNO4S/c1-15-7-8-19(11-16(15)2)27-13-21(24)23(18-9-10-28(25,26)14-18)12-17-5-3-4-6-20(17)22/h3-8,11,18H,9-10,12-14H2,1-2H3. The molecular formula is C21H24FNO4S. The van der Waals surface area contributed by atoms with Crippen LogP contribution in [0.15, 0.2) is 42.5 Å². The molecule has 1 atom stereocenters. The summed E-state index contributed by atoms with van der Waals surface area (Å²) in [5.74, 6) is -0.269. The summed E-state index contributed by atoms with van der Waals surface area (Å²) in [7, 11) is -3.18. The van der Waals surface area contributed by atoms with Crippen molar-refractivity contribution in [3.8, 4) is 5.75 Å². The Morgan fingerprint density at radius 1 is 1.18 bits per heavy atom. The minimum Gasteiger partial charge on any atom is -0.484 e. The van der Waals surface area contributed by atoms with Crippen LogP contribution < -0.4 is 4.74 Å². The predicted octanol–water partition coefficient (Wildman–Crippen LogP) is 3.04. The average molecular weight is 405 g/mol. The van der Waals surface area contributed by atoms with E-state index in [1.807, 2.05) is 26.0 Å². The molecule has 1 unspecified atom stereocenters. The lowest BCUT2D eigenvalue weighted by Gasteiger charge is -2.28. The molecule has 1 heterocycles. The number of aryl methyl sites for hydroxylation is 2. The second kappa shape index (κ2) is 8.31. The van der Waals surface area contributed by atoms with Crippen molar-refractivity contribution in [2.45, 2.75) is 32.9 Å². The molecule has 150 valence electrons. The zero-order chi connectivity index (χ0) is 20.3. The Morgan fingerprint density at radius 3 is 2.57 bits per heavy atom. The van der Waals surface area contributed by atoms with Crippen LogP contribution in [0.25, 0.3) is 0 Å². The summed E-state index contributed by atoms with van der Waals surface area (Å²) >= 11 is 0. The van der Waals surface area contributed by atoms with Gasteiger partial charge in [0, 0.05) is 18.2 Å². The van der Waals surface area contributed by atoms with Gasteiger partial charge in [0.1, 0.15) is 11.6 Å². The van der Waals surface area contributed by atoms with E-state index in [4.69, 9.17) is 4.74 Å². The minimum atomic E-state index is -3.18. The molecular weight excluding hydrogens is 381 g/mol. The number of amides is 1. The van der Waals surface area contributed by atoms with Crippen LogP contribution in [0.3, 0.4) is 0 Å². The Labute approximate surface area is 165 Å². The van der Waals surface area contributed by atoms with Gasteiger partial charge in [-0.05, 0) is 49.6 Å². The molecule has 2 aromatic rings. The van der Waals surface area contributed by atoms with E-state index in [1.165, 1.54) is 11.0 Å². The molecule has 0 N–H and O–H groups in total. The van der Waals surface area contributed by atoms with E-state index in [0.717, 1.165) is 11.1 Å². The molecule has 0 radical (unpaired) electrons. The quantitative estimate of drug-likeness (QED) is 0.741. The summed E-state index contributed by atoms with van der Waals surface area (Å²) in [5, 5.41) is 0. The maximum absolute atomic E-state index is 14.1. The monoisotopic (exact) mass is 405 g/mol. The minimum absolute atomic E-state index is 0.0159. The van der Waals surface area contributed by atoms with Gasteiger partial charge in [-0.1, -0.05) is 24.3 Å². The highest BCUT2D eigenvalue weighted by Gasteiger charge is 2.35. The topological polar surface area (TPSA) is 63.7 Å². The fourth-order valence-electron chi connectivity index (χ4n) is 3.28. The highest BCUT2D eigenvalue weighted by molar-refractivity contribution is 7.91. The van der Waals surface area contributed by atoms with Crippen LogP contribution in [0, 0.1) is 19.7 Å². The predicted molar refractivity (Wildman–Crippen MR) is 105 cm³/mol. The van der Waals surface area contributed by atoms with Gasteiger partial charge in [-0.3, -0.25) is 4.79 Å². The lowest BCUT2D eigenvalue weighted by molar-refractivity contribution is -0.136. The summed E-state index contributed by atoms with van der Waals surface area (Å²) in [6.07, 6.45) is 0.353. The van der Waals surface area contributed by atoms with E-state index in [0.29, 0.717) is 17.7 Å². The van der Waals surface area contributed by atoms with Gasteiger partial charge in [0.2, 0.25) is 0 Å². The summed E-state index contributed by atoms with van der Waals surface area (Å²) < 4.78 is 43.5. The normalized spacial score (nSPS) is 18.0. The van der Waals surface area contributed by atoms with Crippen LogP contribution in [-0.2, 0) is 21.2 Å². The lowest BCUT2D eigenvalue weighted by atomic mass is 10.1. The zero-order valence-corrected chi connectivity index (χ0v) is 16.8. The van der Waals surface area contributed by atoms with Gasteiger partial charge in [-0.25, -0.2) is 12.8 Å². The van der Waals surface area contributed by atoms with Crippen molar-refractivity contribution >= 4 is 15.7 Å². The van der Waals surface area contributed by atoms with E-state index in [1.54, 1.807) is 24.3 Å². The number of carbonyl (C=O) groups excluding carboxylic acids is 1. The van der Waals surface area contributed by atoms with Crippen molar-refractivity contribution in [2.75, 3.05) is 18.1 Å². The van der Waals surface area contributed by atoms with Crippen LogP contribution in [0.2, 0.25) is 0 Å². The number of nitrogens with zero attached hydrogens (tertiary/aromatic N) is 1. The molecule has 0 saturated carbocycles. The van der Waals surface area contributed by atoms with Crippen LogP contribution in [-0.4, -0.2) is 43.4 Å². The Kier molecular flexibility index (Phi) is 6.03. The highest BCUT2D eigenvalue weighted by atomic mass is 32.2. The van der Waals surface area contributed by atoms with Crippen molar-refractivity contribution in [1.29, 1.82) is 0 Å². The Balaban J connectivity index is 1.76. The molecule has 3 rings (SSSR count). The molecule has 1 fully saturated rings. The smallest absolute Gasteiger partial charge is 0.261 e. The van der Waals surface area contributed by atoms with Crippen molar-refractivity contribution in [1.82, 2.24) is 4.90 Å². The SMILES string of the molecule is Cc1ccc(OCC(=O)N(Cc2ccccc2F)C2CCS(=O)(=O)C2)cc1C. The molecule has 1 saturated heterocycles. The molecule has 7 heteroatoms. The first kappa shape index (κ1) is 20.3. The second-order valence-electron chi connectivity index (χ2n) is 7.20. The van der Waals surface area contributed by atoms with Gasteiger partial charge in [0.25, 0.3) is 5.91 Å². The van der Waals surface area contributed by atoms with Crippen LogP contribution in [0.5, 0.6) is 5.75 Å². The number of halogens is 1. The first-order chi connectivity index (χ1) is 13.2. The highest BCUT2D eigenvalue weighted by Crippen LogP contribution is 2.22. The summed E-state index contributed by atoms with van der Waals surface area (Å²) in [6.45, 7) is 3.73. The number of carbonyl (C=O) groups is 1. The maximum Gasteiger partial charge on any atom is 0.261 e. The molecule has 0 aliphatic carbocycles. The first-order valence-corrected chi connectivity index (χ1v) is 11.0. The summed E-state index contributed by atoms with van der Waals surface area (Å²) in [6, 6.07) is 11.3. The number of benzene rings is 2. The molecule has 0 spiro atoms. The van der Waals surface area contributed by atoms with Crippen LogP contribution in [0.4, 0.5) is 4.39 Å². The third-order valence-electron chi connectivity index (χ3n) is 5.11. The molecule has 28 heavy (non-hydrogen) atoms. The lowest BCUT2D eigenvalue weighted by Crippen LogP contribution is -2.43. The fraction of sp³-hybridized carbons (Fsp3) is 0.381. The Hall–Kier alpha value is -2.41. The molecule has 0 aromatic heterocycles. The molecule has 1 amide bonds. The fourth-order valence-corrected chi connectivity index (χ4v) is 5.01. The molecule has 1 aliphatic rings. The van der Waals surface area contributed by atoms with Gasteiger partial charge >= 0.3 is 0 Å². The van der Waals surface area contributed by atoms with Crippen molar-refractivity contribution in [3.63, 3.8) is 0 Å². The molecule has 1 aliphatic heterocycles. The van der Waals surface area contributed by atoms with Crippen LogP contribution >= 0.6 is 0 Å². The van der Waals surface area contributed by atoms with Gasteiger partial charge in [-0.2, -0.15) is 0 Å². The number of sulfone groups is 1. The summed E-state index contributed by atoms with van der Waals surface area (Å²) in [5.41, 5.74) is 2.53. The third kappa shape index (κ3) is 4.90. The number of hydrogen-bond acceptors (Lipinski definition) is 4. The first-order valence-electron chi connectivity index (χ1n) is 9.18.